The Bertz CT molecular complexity index is 393. The van der Waals surface area contributed by atoms with Crippen LogP contribution in [0.5, 0.6) is 0 Å². The van der Waals surface area contributed by atoms with Crippen LogP contribution < -0.4 is 0 Å². The third-order valence-electron chi connectivity index (χ3n) is 3.43. The average Bonchev–Trinajstić information content (AvgIpc) is 2.29. The molecule has 1 unspecified atom stereocenters. The minimum absolute atomic E-state index is 0. The number of hydrogen-bond donors (Lipinski definition) is 0. The topological polar surface area (TPSA) is 46.2 Å². The third kappa shape index (κ3) is 17.7. The van der Waals surface area contributed by atoms with Gasteiger partial charge in [0, 0.05) is 14.2 Å². The Kier molecular flexibility index (Phi) is 19.7. The van der Waals surface area contributed by atoms with Gasteiger partial charge in [-0.15, -0.1) is 0 Å². The van der Waals surface area contributed by atoms with E-state index in [1.807, 2.05) is 0 Å². The van der Waals surface area contributed by atoms with Crippen molar-refractivity contribution in [1.82, 2.24) is 0 Å². The van der Waals surface area contributed by atoms with Gasteiger partial charge in [-0.05, 0) is 77.6 Å². The molecule has 178 valence electrons. The van der Waals surface area contributed by atoms with E-state index in [-0.39, 0.29) is 29.7 Å². The molecule has 0 rings (SSSR count). The van der Waals surface area contributed by atoms with Crippen LogP contribution in [-0.4, -0.2) is 56.5 Å². The Morgan fingerprint density at radius 1 is 0.464 bits per heavy atom. The molecule has 0 aliphatic heterocycles. The fourth-order valence-corrected chi connectivity index (χ4v) is 24.1. The van der Waals surface area contributed by atoms with Crippen molar-refractivity contribution in [2.45, 2.75) is 107 Å². The van der Waals surface area contributed by atoms with Crippen molar-refractivity contribution in [2.24, 2.45) is 0 Å². The first-order valence-electron chi connectivity index (χ1n) is 8.66. The summed E-state index contributed by atoms with van der Waals surface area (Å²) < 4.78 is 31.0. The van der Waals surface area contributed by atoms with Crippen LogP contribution >= 0.6 is 0 Å². The molecule has 0 fully saturated rings. The first-order chi connectivity index (χ1) is 10.4. The van der Waals surface area contributed by atoms with Crippen LogP contribution in [0.4, 0.5) is 0 Å². The van der Waals surface area contributed by atoms with Crippen molar-refractivity contribution < 1.29 is 21.2 Å². The maximum atomic E-state index is 6.68. The van der Waals surface area contributed by atoms with Crippen LogP contribution in [0.1, 0.15) is 29.7 Å². The largest absolute Gasteiger partial charge is 0.437 e. The third-order valence-corrected chi connectivity index (χ3v) is 20.3. The maximum Gasteiger partial charge on any atom is 0.334 e. The lowest BCUT2D eigenvalue weighted by Crippen LogP contribution is -2.57. The van der Waals surface area contributed by atoms with Crippen molar-refractivity contribution in [3.05, 3.63) is 0 Å². The highest BCUT2D eigenvalue weighted by Crippen LogP contribution is 2.30. The zero-order chi connectivity index (χ0) is 19.4. The van der Waals surface area contributed by atoms with Gasteiger partial charge in [0.15, 0.2) is 16.6 Å². The van der Waals surface area contributed by atoms with Crippen molar-refractivity contribution in [2.75, 3.05) is 14.2 Å². The van der Waals surface area contributed by atoms with E-state index in [2.05, 4.69) is 65.5 Å². The molecule has 0 aromatic heterocycles. The highest BCUT2D eigenvalue weighted by atomic mass is 28.5. The monoisotopic (exact) mass is 492 g/mol. The molecule has 5 nitrogen and oxygen atoms in total. The summed E-state index contributed by atoms with van der Waals surface area (Å²) in [5, 5.41) is 0. The second-order valence-electron chi connectivity index (χ2n) is 9.11. The second-order valence-corrected chi connectivity index (χ2v) is 29.2. The fraction of sp³-hybridized carbons (Fsp3) is 1.00. The van der Waals surface area contributed by atoms with Crippen LogP contribution in [-0.2, 0) is 21.2 Å². The molecule has 0 aromatic carbocycles. The summed E-state index contributed by atoms with van der Waals surface area (Å²) in [6.45, 7) is 21.9. The molecule has 0 saturated heterocycles. The van der Waals surface area contributed by atoms with Crippen LogP contribution in [0.25, 0.3) is 0 Å². The van der Waals surface area contributed by atoms with Gasteiger partial charge in [-0.25, -0.2) is 0 Å². The van der Waals surface area contributed by atoms with E-state index in [0.29, 0.717) is 0 Å². The highest BCUT2D eigenvalue weighted by molar-refractivity contribution is 6.89. The van der Waals surface area contributed by atoms with Crippen molar-refractivity contribution >= 4 is 42.3 Å². The Hall–Kier alpha value is 0.884. The zero-order valence-electron chi connectivity index (χ0n) is 18.0. The van der Waals surface area contributed by atoms with E-state index in [0.717, 1.165) is 12.1 Å². The Morgan fingerprint density at radius 2 is 0.786 bits per heavy atom. The molecule has 0 N–H and O–H groups in total. The SMILES string of the molecule is C.C.C.C.CO[Si](C)(CC[Si](C)(O[Si](C)(C)C)O[Si](C)(C)O[Si](C)(C)C)OC. The van der Waals surface area contributed by atoms with E-state index >= 15 is 0 Å². The summed E-state index contributed by atoms with van der Waals surface area (Å²) in [6.07, 6.45) is 0. The normalized spacial score (nSPS) is 14.6. The molecule has 0 bridgehead atoms. The highest BCUT2D eigenvalue weighted by Gasteiger charge is 2.46. The molecular formula is C18H56O5Si5. The maximum absolute atomic E-state index is 6.68. The lowest BCUT2D eigenvalue weighted by atomic mass is 10.9. The quantitative estimate of drug-likeness (QED) is 0.281. The first kappa shape index (κ1) is 39.4. The first-order valence-corrected chi connectivity index (χ1v) is 23.3. The lowest BCUT2D eigenvalue weighted by molar-refractivity contribution is 0.248. The molecule has 10 heteroatoms. The molecule has 0 aromatic rings. The number of rotatable bonds is 11. The summed E-state index contributed by atoms with van der Waals surface area (Å²) in [5.41, 5.74) is 0. The van der Waals surface area contributed by atoms with E-state index in [1.54, 1.807) is 14.2 Å². The van der Waals surface area contributed by atoms with Crippen LogP contribution in [0.3, 0.4) is 0 Å². The van der Waals surface area contributed by atoms with Gasteiger partial charge >= 0.3 is 25.7 Å². The van der Waals surface area contributed by atoms with Gasteiger partial charge in [0.05, 0.1) is 0 Å². The Labute approximate surface area is 184 Å². The van der Waals surface area contributed by atoms with Crippen molar-refractivity contribution in [1.29, 1.82) is 0 Å². The lowest BCUT2D eigenvalue weighted by Gasteiger charge is -2.42. The summed E-state index contributed by atoms with van der Waals surface area (Å²) in [6, 6.07) is 1.76. The predicted molar refractivity (Wildman–Crippen MR) is 141 cm³/mol. The standard InChI is InChI=1S/C14H40O5Si5.4CH4/c1-15-23(11,16-2)13-14-24(12,18-21(6,7)8)19-22(9,10)17-20(3,4)5;;;;/h13-14H2,1-12H3;4*1H4. The Balaban J connectivity index is -0.000000441. The van der Waals surface area contributed by atoms with Gasteiger partial charge in [-0.3, -0.25) is 0 Å². The van der Waals surface area contributed by atoms with E-state index in [4.69, 9.17) is 21.2 Å². The molecular weight excluding hydrogens is 437 g/mol. The van der Waals surface area contributed by atoms with E-state index in [9.17, 15) is 0 Å². The molecule has 1 atom stereocenters. The van der Waals surface area contributed by atoms with Gasteiger partial charge in [-0.1, -0.05) is 29.7 Å². The predicted octanol–water partition coefficient (Wildman–Crippen LogP) is 7.39. The summed E-state index contributed by atoms with van der Waals surface area (Å²) in [7, 11) is -6.63. The summed E-state index contributed by atoms with van der Waals surface area (Å²) >= 11 is 0. The minimum Gasteiger partial charge on any atom is -0.437 e. The molecule has 0 aliphatic rings. The van der Waals surface area contributed by atoms with Crippen LogP contribution in [0.2, 0.25) is 77.6 Å². The van der Waals surface area contributed by atoms with Gasteiger partial charge in [0.25, 0.3) is 0 Å². The zero-order valence-corrected chi connectivity index (χ0v) is 23.0. The van der Waals surface area contributed by atoms with Crippen LogP contribution in [0, 0.1) is 0 Å². The Morgan fingerprint density at radius 3 is 1.07 bits per heavy atom. The van der Waals surface area contributed by atoms with Gasteiger partial charge in [0.2, 0.25) is 0 Å². The fourth-order valence-electron chi connectivity index (χ4n) is 2.79. The van der Waals surface area contributed by atoms with E-state index in [1.165, 1.54) is 0 Å². The molecule has 0 radical (unpaired) electrons. The van der Waals surface area contributed by atoms with Gasteiger partial charge < -0.3 is 21.2 Å². The van der Waals surface area contributed by atoms with E-state index < -0.39 is 42.3 Å². The molecule has 0 amide bonds. The van der Waals surface area contributed by atoms with Gasteiger partial charge in [0.1, 0.15) is 0 Å². The molecule has 28 heavy (non-hydrogen) atoms. The summed E-state index contributed by atoms with van der Waals surface area (Å²) in [5.74, 6) is 0. The minimum atomic E-state index is -2.37. The molecule has 0 aliphatic carbocycles. The van der Waals surface area contributed by atoms with Crippen molar-refractivity contribution in [3.8, 4) is 0 Å². The van der Waals surface area contributed by atoms with Crippen LogP contribution in [0.15, 0.2) is 0 Å². The molecule has 0 saturated carbocycles. The molecule has 0 spiro atoms. The smallest absolute Gasteiger partial charge is 0.334 e. The second kappa shape index (κ2) is 14.0. The number of hydrogen-bond acceptors (Lipinski definition) is 5. The van der Waals surface area contributed by atoms with Gasteiger partial charge in [-0.2, -0.15) is 0 Å². The average molecular weight is 493 g/mol. The molecule has 0 heterocycles. The van der Waals surface area contributed by atoms with Crippen molar-refractivity contribution in [3.63, 3.8) is 0 Å². The summed E-state index contributed by atoms with van der Waals surface area (Å²) in [4.78, 5) is 0.